The molecule has 0 spiro atoms. The van der Waals surface area contributed by atoms with Gasteiger partial charge in [-0.05, 0) is 12.5 Å². The quantitative estimate of drug-likeness (QED) is 0.465. The van der Waals surface area contributed by atoms with Gasteiger partial charge in [-0.1, -0.05) is 48.5 Å². The molecule has 0 fully saturated rings. The van der Waals surface area contributed by atoms with Crippen LogP contribution in [-0.2, 0) is 6.54 Å². The summed E-state index contributed by atoms with van der Waals surface area (Å²) >= 11 is 0. The van der Waals surface area contributed by atoms with Crippen LogP contribution < -0.4 is 4.57 Å². The summed E-state index contributed by atoms with van der Waals surface area (Å²) in [5.74, 6) is 0. The molecule has 2 aromatic heterocycles. The highest BCUT2D eigenvalue weighted by Gasteiger charge is 2.01. The number of nitrogens with zero attached hydrogens (tertiary/aromatic N) is 2. The Morgan fingerprint density at radius 1 is 1.06 bits per heavy atom. The van der Waals surface area contributed by atoms with Crippen molar-refractivity contribution in [3.63, 3.8) is 0 Å². The van der Waals surface area contributed by atoms with E-state index in [4.69, 9.17) is 0 Å². The maximum Gasteiger partial charge on any atom is 0.243 e. The third kappa shape index (κ3) is 1.94. The van der Waals surface area contributed by atoms with Crippen LogP contribution in [0, 0.1) is 13.3 Å². The van der Waals surface area contributed by atoms with Crippen LogP contribution in [0.5, 0.6) is 0 Å². The molecule has 2 heterocycles. The van der Waals surface area contributed by atoms with E-state index in [0.717, 1.165) is 6.54 Å². The summed E-state index contributed by atoms with van der Waals surface area (Å²) in [6.07, 6.45) is 5.47. The van der Waals surface area contributed by atoms with E-state index >= 15 is 0 Å². The minimum atomic E-state index is 0.863. The maximum atomic E-state index is 3.35. The molecule has 0 N–H and O–H groups in total. The Morgan fingerprint density at radius 2 is 1.88 bits per heavy atom. The highest BCUT2D eigenvalue weighted by atomic mass is 15.1. The predicted molar refractivity (Wildman–Crippen MR) is 66.7 cm³/mol. The van der Waals surface area contributed by atoms with Crippen molar-refractivity contribution in [3.8, 4) is 0 Å². The first-order chi connectivity index (χ1) is 8.33. The second-order valence-corrected chi connectivity index (χ2v) is 4.27. The van der Waals surface area contributed by atoms with Gasteiger partial charge in [0.2, 0.25) is 6.33 Å². The fraction of sp³-hybridized carbons (Fsp3) is 0.133. The molecule has 0 atom stereocenters. The van der Waals surface area contributed by atoms with Crippen molar-refractivity contribution in [2.75, 3.05) is 0 Å². The van der Waals surface area contributed by atoms with Crippen molar-refractivity contribution in [1.82, 2.24) is 4.40 Å². The van der Waals surface area contributed by atoms with Crippen molar-refractivity contribution in [3.05, 3.63) is 72.3 Å². The Kier molecular flexibility index (Phi) is 2.41. The Labute approximate surface area is 101 Å². The molecule has 17 heavy (non-hydrogen) atoms. The summed E-state index contributed by atoms with van der Waals surface area (Å²) in [5, 5.41) is 0. The van der Waals surface area contributed by atoms with Gasteiger partial charge in [0.15, 0.2) is 0 Å². The number of hydrogen-bond acceptors (Lipinski definition) is 0. The van der Waals surface area contributed by atoms with Crippen LogP contribution in [0.25, 0.3) is 5.52 Å². The van der Waals surface area contributed by atoms with Crippen LogP contribution >= 0.6 is 0 Å². The molecule has 0 saturated carbocycles. The molecule has 0 aliphatic heterocycles. The van der Waals surface area contributed by atoms with Crippen LogP contribution in [0.3, 0.4) is 0 Å². The largest absolute Gasteiger partial charge is 0.324 e. The number of aryl methyl sites for hydroxylation is 1. The smallest absolute Gasteiger partial charge is 0.243 e. The summed E-state index contributed by atoms with van der Waals surface area (Å²) in [6.45, 7) is 2.96. The van der Waals surface area contributed by atoms with Crippen molar-refractivity contribution in [2.24, 2.45) is 0 Å². The highest BCUT2D eigenvalue weighted by molar-refractivity contribution is 5.43. The van der Waals surface area contributed by atoms with Crippen molar-refractivity contribution < 1.29 is 4.57 Å². The molecule has 2 heteroatoms. The lowest BCUT2D eigenvalue weighted by Crippen LogP contribution is -2.31. The molecule has 0 unspecified atom stereocenters. The Balaban J connectivity index is 1.99. The maximum absolute atomic E-state index is 3.35. The average molecular weight is 222 g/mol. The number of hydrogen-bond donors (Lipinski definition) is 0. The van der Waals surface area contributed by atoms with Gasteiger partial charge >= 0.3 is 0 Å². The molecule has 84 valence electrons. The minimum Gasteiger partial charge on any atom is -0.324 e. The van der Waals surface area contributed by atoms with Gasteiger partial charge in [0, 0.05) is 17.4 Å². The van der Waals surface area contributed by atoms with Gasteiger partial charge < -0.3 is 8.97 Å². The zero-order valence-corrected chi connectivity index (χ0v) is 9.80. The highest BCUT2D eigenvalue weighted by Crippen LogP contribution is 2.05. The lowest BCUT2D eigenvalue weighted by molar-refractivity contribution is -0.691. The third-order valence-electron chi connectivity index (χ3n) is 2.93. The van der Waals surface area contributed by atoms with Gasteiger partial charge in [-0.2, -0.15) is 0 Å². The lowest BCUT2D eigenvalue weighted by atomic mass is 10.2. The first kappa shape index (κ1) is 10.1. The molecule has 0 bridgehead atoms. The van der Waals surface area contributed by atoms with Gasteiger partial charge in [0.1, 0.15) is 0 Å². The van der Waals surface area contributed by atoms with Gasteiger partial charge in [0.25, 0.3) is 0 Å². The molecule has 3 aromatic rings. The molecule has 2 nitrogen and oxygen atoms in total. The molecular formula is C15H14N2. The van der Waals surface area contributed by atoms with E-state index in [0.29, 0.717) is 0 Å². The van der Waals surface area contributed by atoms with E-state index in [9.17, 15) is 0 Å². The van der Waals surface area contributed by atoms with Crippen LogP contribution in [-0.4, -0.2) is 4.40 Å². The standard InChI is InChI=1S/C15H14N2/c1-13-6-5-9-15-11-16(12-17(13)15)10-14-7-3-2-4-8-14/h2-9,11H,10H2,1H3. The van der Waals surface area contributed by atoms with E-state index in [-0.39, 0.29) is 0 Å². The lowest BCUT2D eigenvalue weighted by Gasteiger charge is -1.98. The molecule has 0 aliphatic rings. The van der Waals surface area contributed by atoms with E-state index in [1.54, 1.807) is 0 Å². The summed E-state index contributed by atoms with van der Waals surface area (Å²) in [5.41, 5.74) is 3.68. The van der Waals surface area contributed by atoms with E-state index in [2.05, 4.69) is 70.9 Å². The summed E-state index contributed by atoms with van der Waals surface area (Å²) in [6, 6.07) is 16.7. The van der Waals surface area contributed by atoms with Gasteiger partial charge in [-0.15, -0.1) is 0 Å². The molecule has 0 aliphatic carbocycles. The van der Waals surface area contributed by atoms with Crippen molar-refractivity contribution in [1.29, 1.82) is 0 Å². The second-order valence-electron chi connectivity index (χ2n) is 4.27. The molecule has 0 radical (unpaired) electrons. The van der Waals surface area contributed by atoms with Gasteiger partial charge in [-0.3, -0.25) is 0 Å². The zero-order valence-electron chi connectivity index (χ0n) is 9.80. The molecule has 1 aromatic carbocycles. The number of imidazole rings is 1. The van der Waals surface area contributed by atoms with Gasteiger partial charge in [-0.25, -0.2) is 0 Å². The normalized spacial score (nSPS) is 10.9. The van der Waals surface area contributed by atoms with Crippen LogP contribution in [0.15, 0.2) is 54.7 Å². The Bertz CT molecular complexity index is 638. The number of benzene rings is 1. The van der Waals surface area contributed by atoms with Crippen LogP contribution in [0.4, 0.5) is 0 Å². The van der Waals surface area contributed by atoms with Crippen LogP contribution in [0.1, 0.15) is 11.3 Å². The fourth-order valence-corrected chi connectivity index (χ4v) is 2.05. The number of rotatable bonds is 2. The average Bonchev–Trinajstić information content (AvgIpc) is 2.74. The Morgan fingerprint density at radius 3 is 2.65 bits per heavy atom. The SMILES string of the molecule is Cc1cccc2c[n+](Cc3ccccc3)[c-]n12. The number of pyridine rings is 1. The monoisotopic (exact) mass is 222 g/mol. The fourth-order valence-electron chi connectivity index (χ4n) is 2.05. The number of aromatic nitrogens is 2. The van der Waals surface area contributed by atoms with E-state index in [1.165, 1.54) is 16.8 Å². The molecular weight excluding hydrogens is 208 g/mol. The molecule has 0 amide bonds. The summed E-state index contributed by atoms with van der Waals surface area (Å²) < 4.78 is 4.18. The second kappa shape index (κ2) is 4.06. The van der Waals surface area contributed by atoms with Crippen molar-refractivity contribution in [2.45, 2.75) is 13.5 Å². The van der Waals surface area contributed by atoms with E-state index in [1.807, 2.05) is 6.07 Å². The van der Waals surface area contributed by atoms with Crippen molar-refractivity contribution >= 4 is 5.52 Å². The topological polar surface area (TPSA) is 8.29 Å². The Hall–Kier alpha value is -2.09. The summed E-state index contributed by atoms with van der Waals surface area (Å²) in [4.78, 5) is 0. The zero-order chi connectivity index (χ0) is 11.7. The molecule has 0 saturated heterocycles. The summed E-state index contributed by atoms with van der Waals surface area (Å²) in [7, 11) is 0. The first-order valence-electron chi connectivity index (χ1n) is 5.77. The number of fused-ring (bicyclic) bond motifs is 1. The first-order valence-corrected chi connectivity index (χ1v) is 5.77. The molecule has 3 rings (SSSR count). The van der Waals surface area contributed by atoms with Gasteiger partial charge in [0.05, 0.1) is 6.54 Å². The third-order valence-corrected chi connectivity index (χ3v) is 2.93. The minimum absolute atomic E-state index is 0.863. The van der Waals surface area contributed by atoms with E-state index < -0.39 is 0 Å². The predicted octanol–water partition coefficient (Wildman–Crippen LogP) is 2.38. The van der Waals surface area contributed by atoms with Crippen LogP contribution in [0.2, 0.25) is 0 Å².